The van der Waals surface area contributed by atoms with E-state index in [-0.39, 0.29) is 5.91 Å². The number of fused-ring (bicyclic) bond motifs is 1. The summed E-state index contributed by atoms with van der Waals surface area (Å²) in [6.45, 7) is 2.33. The number of morpholine rings is 1. The fraction of sp³-hybridized carbons (Fsp3) is 0.250. The first-order valence-electron chi connectivity index (χ1n) is 10.7. The smallest absolute Gasteiger partial charge is 0.245 e. The van der Waals surface area contributed by atoms with Crippen molar-refractivity contribution in [2.45, 2.75) is 12.5 Å². The Morgan fingerprint density at radius 3 is 2.41 bits per heavy atom. The van der Waals surface area contributed by atoms with Crippen LogP contribution in [0.3, 0.4) is 0 Å². The van der Waals surface area contributed by atoms with E-state index < -0.39 is 6.04 Å². The minimum absolute atomic E-state index is 0.0473. The zero-order valence-corrected chi connectivity index (χ0v) is 17.6. The number of ether oxygens (including phenoxy) is 1. The highest BCUT2D eigenvalue weighted by Crippen LogP contribution is 2.19. The highest BCUT2D eigenvalue weighted by atomic mass is 16.5. The summed E-state index contributed by atoms with van der Waals surface area (Å²) in [6.07, 6.45) is 0.560. The average Bonchev–Trinajstić information content (AvgIpc) is 3.28. The Labute approximate surface area is 185 Å². The predicted octanol–water partition coefficient (Wildman–Crippen LogP) is 2.67. The Hall–Kier alpha value is -3.78. The number of carbonyl (C=O) groups is 1. The van der Waals surface area contributed by atoms with Crippen LogP contribution in [0.1, 0.15) is 5.56 Å². The molecule has 0 saturated carbocycles. The van der Waals surface area contributed by atoms with Crippen LogP contribution in [0.5, 0.6) is 0 Å². The molecule has 8 heteroatoms. The second kappa shape index (κ2) is 9.15. The highest BCUT2D eigenvalue weighted by Gasteiger charge is 2.26. The summed E-state index contributed by atoms with van der Waals surface area (Å²) in [5.41, 5.74) is 2.66. The van der Waals surface area contributed by atoms with Crippen LogP contribution in [0.15, 0.2) is 72.8 Å². The molecule has 8 nitrogen and oxygen atoms in total. The largest absolute Gasteiger partial charge is 0.378 e. The van der Waals surface area contributed by atoms with E-state index in [0.29, 0.717) is 50.0 Å². The molecule has 32 heavy (non-hydrogen) atoms. The Balaban J connectivity index is 1.45. The molecule has 2 aromatic carbocycles. The number of hydrogen-bond acceptors (Lipinski definition) is 6. The van der Waals surface area contributed by atoms with Crippen LogP contribution in [0.4, 0.5) is 5.82 Å². The third-order valence-corrected chi connectivity index (χ3v) is 5.52. The molecule has 0 spiro atoms. The van der Waals surface area contributed by atoms with Gasteiger partial charge in [0, 0.05) is 25.1 Å². The number of nitrogens with zero attached hydrogens (tertiary/aromatic N) is 5. The Morgan fingerprint density at radius 1 is 0.938 bits per heavy atom. The molecule has 3 heterocycles. The van der Waals surface area contributed by atoms with Crippen molar-refractivity contribution in [2.75, 3.05) is 31.6 Å². The molecule has 162 valence electrons. The highest BCUT2D eigenvalue weighted by molar-refractivity contribution is 5.85. The van der Waals surface area contributed by atoms with Crippen molar-refractivity contribution in [2.24, 2.45) is 0 Å². The molecule has 1 fully saturated rings. The van der Waals surface area contributed by atoms with E-state index in [9.17, 15) is 4.79 Å². The van der Waals surface area contributed by atoms with Crippen molar-refractivity contribution in [3.8, 4) is 11.4 Å². The summed E-state index contributed by atoms with van der Waals surface area (Å²) in [7, 11) is 0. The van der Waals surface area contributed by atoms with Crippen molar-refractivity contribution in [1.82, 2.24) is 24.7 Å². The number of hydrogen-bond donors (Lipinski definition) is 1. The van der Waals surface area contributed by atoms with Gasteiger partial charge in [0.25, 0.3) is 0 Å². The van der Waals surface area contributed by atoms with Crippen molar-refractivity contribution in [3.05, 3.63) is 78.4 Å². The van der Waals surface area contributed by atoms with E-state index in [0.717, 1.165) is 11.1 Å². The maximum atomic E-state index is 13.4. The SMILES string of the molecule is O=C(C(Cc1ccccc1)Nc1ccc2nnc(-c3ccccc3)n2n1)N1CCOCC1. The van der Waals surface area contributed by atoms with Gasteiger partial charge in [0.1, 0.15) is 11.9 Å². The second-order valence-electron chi connectivity index (χ2n) is 7.70. The Morgan fingerprint density at radius 2 is 1.66 bits per heavy atom. The quantitative estimate of drug-likeness (QED) is 0.508. The zero-order chi connectivity index (χ0) is 21.8. The standard InChI is InChI=1S/C24H24N6O2/c31-24(29-13-15-32-16-14-29)20(17-18-7-3-1-4-8-18)25-21-11-12-22-26-27-23(30(22)28-21)19-9-5-2-6-10-19/h1-12,20H,13-17H2,(H,25,28). The summed E-state index contributed by atoms with van der Waals surface area (Å²) >= 11 is 0. The lowest BCUT2D eigenvalue weighted by Gasteiger charge is -2.31. The summed E-state index contributed by atoms with van der Waals surface area (Å²) in [6, 6.07) is 23.1. The Bertz CT molecular complexity index is 1190. The van der Waals surface area contributed by atoms with Crippen LogP contribution in [0.2, 0.25) is 0 Å². The first-order chi connectivity index (χ1) is 15.8. The lowest BCUT2D eigenvalue weighted by molar-refractivity contribution is -0.136. The molecule has 4 aromatic rings. The molecule has 1 N–H and O–H groups in total. The summed E-state index contributed by atoms with van der Waals surface area (Å²) < 4.78 is 7.12. The number of amides is 1. The second-order valence-corrected chi connectivity index (χ2v) is 7.70. The normalized spacial score (nSPS) is 14.9. The fourth-order valence-corrected chi connectivity index (χ4v) is 3.87. The number of benzene rings is 2. The van der Waals surface area contributed by atoms with Crippen LogP contribution >= 0.6 is 0 Å². The molecule has 1 unspecified atom stereocenters. The fourth-order valence-electron chi connectivity index (χ4n) is 3.87. The van der Waals surface area contributed by atoms with E-state index in [4.69, 9.17) is 9.84 Å². The molecule has 1 aliphatic rings. The lowest BCUT2D eigenvalue weighted by Crippen LogP contribution is -2.48. The molecule has 0 bridgehead atoms. The van der Waals surface area contributed by atoms with Crippen molar-refractivity contribution in [1.29, 1.82) is 0 Å². The summed E-state index contributed by atoms with van der Waals surface area (Å²) in [5, 5.41) is 16.6. The number of nitrogens with one attached hydrogen (secondary N) is 1. The van der Waals surface area contributed by atoms with E-state index >= 15 is 0 Å². The maximum Gasteiger partial charge on any atom is 0.245 e. The van der Waals surface area contributed by atoms with Crippen LogP contribution in [-0.4, -0.2) is 63.0 Å². The van der Waals surface area contributed by atoms with Crippen molar-refractivity contribution < 1.29 is 9.53 Å². The van der Waals surface area contributed by atoms with Gasteiger partial charge in [0.05, 0.1) is 13.2 Å². The molecule has 0 aliphatic carbocycles. The zero-order valence-electron chi connectivity index (χ0n) is 17.6. The third kappa shape index (κ3) is 4.31. The van der Waals surface area contributed by atoms with Gasteiger partial charge in [-0.1, -0.05) is 60.7 Å². The van der Waals surface area contributed by atoms with Gasteiger partial charge in [0.2, 0.25) is 5.91 Å². The molecule has 1 saturated heterocycles. The van der Waals surface area contributed by atoms with Gasteiger partial charge in [-0.3, -0.25) is 4.79 Å². The molecule has 1 amide bonds. The average molecular weight is 428 g/mol. The molecule has 1 aliphatic heterocycles. The molecular weight excluding hydrogens is 404 g/mol. The minimum Gasteiger partial charge on any atom is -0.378 e. The van der Waals surface area contributed by atoms with Gasteiger partial charge in [-0.15, -0.1) is 15.3 Å². The lowest BCUT2D eigenvalue weighted by atomic mass is 10.0. The third-order valence-electron chi connectivity index (χ3n) is 5.52. The van der Waals surface area contributed by atoms with Crippen LogP contribution in [-0.2, 0) is 16.0 Å². The first-order valence-corrected chi connectivity index (χ1v) is 10.7. The van der Waals surface area contributed by atoms with E-state index in [1.54, 1.807) is 4.52 Å². The van der Waals surface area contributed by atoms with Gasteiger partial charge >= 0.3 is 0 Å². The van der Waals surface area contributed by atoms with Crippen molar-refractivity contribution >= 4 is 17.4 Å². The molecule has 1 atom stereocenters. The van der Waals surface area contributed by atoms with E-state index in [1.165, 1.54) is 0 Å². The number of aromatic nitrogens is 4. The van der Waals surface area contributed by atoms with Crippen molar-refractivity contribution in [3.63, 3.8) is 0 Å². The van der Waals surface area contributed by atoms with Crippen LogP contribution in [0.25, 0.3) is 17.0 Å². The molecule has 5 rings (SSSR count). The van der Waals surface area contributed by atoms with E-state index in [1.807, 2.05) is 77.7 Å². The number of rotatable bonds is 6. The summed E-state index contributed by atoms with van der Waals surface area (Å²) in [5.74, 6) is 1.30. The van der Waals surface area contributed by atoms with Gasteiger partial charge < -0.3 is 15.0 Å². The monoisotopic (exact) mass is 428 g/mol. The Kier molecular flexibility index (Phi) is 5.76. The minimum atomic E-state index is -0.447. The van der Waals surface area contributed by atoms with Crippen LogP contribution < -0.4 is 5.32 Å². The topological polar surface area (TPSA) is 84.7 Å². The summed E-state index contributed by atoms with van der Waals surface area (Å²) in [4.78, 5) is 15.2. The molecule has 2 aromatic heterocycles. The number of carbonyl (C=O) groups excluding carboxylic acids is 1. The van der Waals surface area contributed by atoms with E-state index in [2.05, 4.69) is 15.5 Å². The predicted molar refractivity (Wildman–Crippen MR) is 121 cm³/mol. The van der Waals surface area contributed by atoms with Gasteiger partial charge in [-0.25, -0.2) is 0 Å². The number of anilines is 1. The van der Waals surface area contributed by atoms with Gasteiger partial charge in [0.15, 0.2) is 11.5 Å². The van der Waals surface area contributed by atoms with Gasteiger partial charge in [-0.05, 0) is 17.7 Å². The molecule has 0 radical (unpaired) electrons. The first kappa shape index (κ1) is 20.1. The molecular formula is C24H24N6O2. The van der Waals surface area contributed by atoms with Gasteiger partial charge in [-0.2, -0.15) is 4.52 Å². The van der Waals surface area contributed by atoms with Crippen LogP contribution in [0, 0.1) is 0 Å². The maximum absolute atomic E-state index is 13.4.